The smallest absolute Gasteiger partial charge is 0.127 e. The maximum Gasteiger partial charge on any atom is 0.127 e. The highest BCUT2D eigenvalue weighted by Crippen LogP contribution is 2.14. The summed E-state index contributed by atoms with van der Waals surface area (Å²) in [5.74, 6) is -0.202. The number of hydrogen-bond acceptors (Lipinski definition) is 2. The molecular weight excluding hydrogens is 203 g/mol. The van der Waals surface area contributed by atoms with E-state index in [1.807, 2.05) is 18.2 Å². The molecule has 3 heteroatoms. The van der Waals surface area contributed by atoms with Gasteiger partial charge in [-0.1, -0.05) is 18.2 Å². The third-order valence-electron chi connectivity index (χ3n) is 2.47. The summed E-state index contributed by atoms with van der Waals surface area (Å²) < 4.78 is 13.6. The van der Waals surface area contributed by atoms with Gasteiger partial charge in [-0.05, 0) is 28.8 Å². The van der Waals surface area contributed by atoms with E-state index in [1.165, 1.54) is 6.07 Å². The van der Waals surface area contributed by atoms with Crippen LogP contribution in [0.5, 0.6) is 0 Å². The van der Waals surface area contributed by atoms with E-state index >= 15 is 0 Å². The molecule has 0 radical (unpaired) electrons. The second kappa shape index (κ2) is 4.86. The van der Waals surface area contributed by atoms with E-state index in [0.717, 1.165) is 11.1 Å². The van der Waals surface area contributed by atoms with Gasteiger partial charge < -0.3 is 5.73 Å². The zero-order valence-electron chi connectivity index (χ0n) is 8.86. The van der Waals surface area contributed by atoms with Crippen molar-refractivity contribution in [3.05, 3.63) is 65.2 Å². The molecule has 1 aromatic heterocycles. The number of nitrogens with zero attached hydrogens (tertiary/aromatic N) is 1. The minimum Gasteiger partial charge on any atom is -0.326 e. The second-order valence-corrected chi connectivity index (χ2v) is 3.67. The molecule has 0 aliphatic rings. The van der Waals surface area contributed by atoms with E-state index in [1.54, 1.807) is 18.5 Å². The Kier molecular flexibility index (Phi) is 3.27. The Balaban J connectivity index is 2.22. The molecule has 1 heterocycles. The molecule has 0 aliphatic heterocycles. The van der Waals surface area contributed by atoms with E-state index in [2.05, 4.69) is 4.98 Å². The van der Waals surface area contributed by atoms with Gasteiger partial charge in [0.1, 0.15) is 5.82 Å². The molecule has 0 amide bonds. The number of aromatic nitrogens is 1. The number of benzene rings is 1. The lowest BCUT2D eigenvalue weighted by Crippen LogP contribution is -1.99. The van der Waals surface area contributed by atoms with E-state index < -0.39 is 0 Å². The van der Waals surface area contributed by atoms with Gasteiger partial charge in [-0.15, -0.1) is 0 Å². The van der Waals surface area contributed by atoms with Gasteiger partial charge in [0.2, 0.25) is 0 Å². The fourth-order valence-corrected chi connectivity index (χ4v) is 1.58. The van der Waals surface area contributed by atoms with Crippen LogP contribution >= 0.6 is 0 Å². The molecule has 2 rings (SSSR count). The molecule has 1 aromatic carbocycles. The van der Waals surface area contributed by atoms with Crippen LogP contribution in [-0.4, -0.2) is 4.98 Å². The summed E-state index contributed by atoms with van der Waals surface area (Å²) in [5, 5.41) is 0. The lowest BCUT2D eigenvalue weighted by atomic mass is 10.0. The van der Waals surface area contributed by atoms with Crippen molar-refractivity contribution in [1.82, 2.24) is 4.98 Å². The molecule has 2 N–H and O–H groups in total. The molecule has 0 saturated carbocycles. The average Bonchev–Trinajstić information content (AvgIpc) is 2.33. The predicted molar refractivity (Wildman–Crippen MR) is 61.3 cm³/mol. The summed E-state index contributed by atoms with van der Waals surface area (Å²) in [6, 6.07) is 8.91. The van der Waals surface area contributed by atoms with Crippen molar-refractivity contribution < 1.29 is 4.39 Å². The molecule has 0 atom stereocenters. The molecule has 0 unspecified atom stereocenters. The minimum absolute atomic E-state index is 0.202. The first-order valence-electron chi connectivity index (χ1n) is 5.16. The van der Waals surface area contributed by atoms with Crippen molar-refractivity contribution in [2.75, 3.05) is 0 Å². The fourth-order valence-electron chi connectivity index (χ4n) is 1.58. The van der Waals surface area contributed by atoms with Crippen LogP contribution < -0.4 is 5.73 Å². The molecule has 2 aromatic rings. The summed E-state index contributed by atoms with van der Waals surface area (Å²) in [6.07, 6.45) is 4.01. The van der Waals surface area contributed by atoms with Gasteiger partial charge in [-0.2, -0.15) is 0 Å². The fraction of sp³-hybridized carbons (Fsp3) is 0.154. The summed E-state index contributed by atoms with van der Waals surface area (Å²) >= 11 is 0. The third kappa shape index (κ3) is 2.44. The molecule has 16 heavy (non-hydrogen) atoms. The van der Waals surface area contributed by atoms with Crippen molar-refractivity contribution in [1.29, 1.82) is 0 Å². The van der Waals surface area contributed by atoms with Crippen LogP contribution in [0.4, 0.5) is 4.39 Å². The zero-order valence-corrected chi connectivity index (χ0v) is 8.86. The Morgan fingerprint density at radius 2 is 2.06 bits per heavy atom. The molecule has 0 spiro atoms. The maximum atomic E-state index is 13.6. The van der Waals surface area contributed by atoms with Crippen molar-refractivity contribution in [3.8, 4) is 0 Å². The monoisotopic (exact) mass is 216 g/mol. The Labute approximate surface area is 93.9 Å². The first-order valence-corrected chi connectivity index (χ1v) is 5.16. The Morgan fingerprint density at radius 1 is 1.19 bits per heavy atom. The molecule has 2 nitrogen and oxygen atoms in total. The Morgan fingerprint density at radius 3 is 2.69 bits per heavy atom. The summed E-state index contributed by atoms with van der Waals surface area (Å²) in [4.78, 5) is 4.00. The number of nitrogens with two attached hydrogens (primary N) is 1. The largest absolute Gasteiger partial charge is 0.326 e. The standard InChI is InChI=1S/C13H13FN2/c14-13-7-10(8-15)3-4-12(13)6-11-2-1-5-16-9-11/h1-5,7,9H,6,8,15H2. The minimum atomic E-state index is -0.202. The van der Waals surface area contributed by atoms with Crippen molar-refractivity contribution in [2.24, 2.45) is 5.73 Å². The first kappa shape index (κ1) is 10.8. The summed E-state index contributed by atoms with van der Waals surface area (Å²) in [7, 11) is 0. The van der Waals surface area contributed by atoms with E-state index in [4.69, 9.17) is 5.73 Å². The number of hydrogen-bond donors (Lipinski definition) is 1. The van der Waals surface area contributed by atoms with Gasteiger partial charge in [0.05, 0.1) is 0 Å². The lowest BCUT2D eigenvalue weighted by Gasteiger charge is -2.05. The Hall–Kier alpha value is -1.74. The van der Waals surface area contributed by atoms with Crippen LogP contribution in [0.3, 0.4) is 0 Å². The topological polar surface area (TPSA) is 38.9 Å². The molecule has 0 saturated heterocycles. The summed E-state index contributed by atoms with van der Waals surface area (Å²) in [6.45, 7) is 0.365. The van der Waals surface area contributed by atoms with Crippen LogP contribution in [0, 0.1) is 5.82 Å². The third-order valence-corrected chi connectivity index (χ3v) is 2.47. The predicted octanol–water partition coefficient (Wildman–Crippen LogP) is 2.27. The first-order chi connectivity index (χ1) is 7.79. The molecular formula is C13H13FN2. The highest BCUT2D eigenvalue weighted by molar-refractivity contribution is 5.28. The number of rotatable bonds is 3. The van der Waals surface area contributed by atoms with E-state index in [9.17, 15) is 4.39 Å². The van der Waals surface area contributed by atoms with Crippen molar-refractivity contribution in [2.45, 2.75) is 13.0 Å². The van der Waals surface area contributed by atoms with Gasteiger partial charge in [0.25, 0.3) is 0 Å². The average molecular weight is 216 g/mol. The van der Waals surface area contributed by atoms with Gasteiger partial charge in [0.15, 0.2) is 0 Å². The van der Waals surface area contributed by atoms with Gasteiger partial charge in [0, 0.05) is 25.4 Å². The van der Waals surface area contributed by atoms with Crippen LogP contribution in [0.25, 0.3) is 0 Å². The van der Waals surface area contributed by atoms with E-state index in [0.29, 0.717) is 18.5 Å². The highest BCUT2D eigenvalue weighted by atomic mass is 19.1. The number of pyridine rings is 1. The maximum absolute atomic E-state index is 13.6. The zero-order chi connectivity index (χ0) is 11.4. The van der Waals surface area contributed by atoms with Crippen molar-refractivity contribution in [3.63, 3.8) is 0 Å². The number of halogens is 1. The second-order valence-electron chi connectivity index (χ2n) is 3.67. The molecule has 0 aliphatic carbocycles. The summed E-state index contributed by atoms with van der Waals surface area (Å²) in [5.41, 5.74) is 7.93. The van der Waals surface area contributed by atoms with Gasteiger partial charge >= 0.3 is 0 Å². The van der Waals surface area contributed by atoms with Crippen LogP contribution in [0.15, 0.2) is 42.7 Å². The SMILES string of the molecule is NCc1ccc(Cc2cccnc2)c(F)c1. The molecule has 82 valence electrons. The van der Waals surface area contributed by atoms with Crippen LogP contribution in [-0.2, 0) is 13.0 Å². The highest BCUT2D eigenvalue weighted by Gasteiger charge is 2.04. The normalized spacial score (nSPS) is 10.4. The molecule has 0 bridgehead atoms. The van der Waals surface area contributed by atoms with Gasteiger partial charge in [-0.25, -0.2) is 4.39 Å². The van der Waals surface area contributed by atoms with Crippen LogP contribution in [0.1, 0.15) is 16.7 Å². The van der Waals surface area contributed by atoms with Crippen LogP contribution in [0.2, 0.25) is 0 Å². The quantitative estimate of drug-likeness (QED) is 0.854. The van der Waals surface area contributed by atoms with Crippen molar-refractivity contribution >= 4 is 0 Å². The van der Waals surface area contributed by atoms with Gasteiger partial charge in [-0.3, -0.25) is 4.98 Å². The molecule has 0 fully saturated rings. The van der Waals surface area contributed by atoms with E-state index in [-0.39, 0.29) is 5.82 Å². The lowest BCUT2D eigenvalue weighted by molar-refractivity contribution is 0.611. The Bertz CT molecular complexity index is 469.